The first-order valence-corrected chi connectivity index (χ1v) is 12.2. The number of nitrogens with zero attached hydrogens (tertiary/aromatic N) is 3. The molecule has 1 N–H and O–H groups in total. The van der Waals surface area contributed by atoms with Gasteiger partial charge < -0.3 is 9.76 Å². The second-order valence-electron chi connectivity index (χ2n) is 12.3. The Morgan fingerprint density at radius 3 is 1.66 bits per heavy atom. The third-order valence-electron chi connectivity index (χ3n) is 6.45. The van der Waals surface area contributed by atoms with Gasteiger partial charge in [0.1, 0.15) is 0 Å². The van der Waals surface area contributed by atoms with Crippen LogP contribution in [0.4, 0.5) is 0 Å². The van der Waals surface area contributed by atoms with Crippen molar-refractivity contribution in [2.24, 2.45) is 0 Å². The molecular formula is C29H39BN3O2. The summed E-state index contributed by atoms with van der Waals surface area (Å²) >= 11 is 0. The van der Waals surface area contributed by atoms with Gasteiger partial charge in [-0.1, -0.05) is 71.3 Å². The lowest BCUT2D eigenvalue weighted by molar-refractivity contribution is -0.0893. The summed E-state index contributed by atoms with van der Waals surface area (Å²) in [4.78, 5) is 14.4. The lowest BCUT2D eigenvalue weighted by Gasteiger charge is -2.37. The van der Waals surface area contributed by atoms with Gasteiger partial charge in [-0.2, -0.15) is 0 Å². The van der Waals surface area contributed by atoms with Crippen molar-refractivity contribution in [2.45, 2.75) is 91.3 Å². The van der Waals surface area contributed by atoms with Crippen LogP contribution in [0.2, 0.25) is 0 Å². The maximum absolute atomic E-state index is 10.3. The Labute approximate surface area is 211 Å². The van der Waals surface area contributed by atoms with Gasteiger partial charge in [-0.25, -0.2) is 9.97 Å². The van der Waals surface area contributed by atoms with E-state index < -0.39 is 11.2 Å². The number of aliphatic hydroxyl groups is 1. The topological polar surface area (TPSA) is 68.1 Å². The van der Waals surface area contributed by atoms with Crippen molar-refractivity contribution in [2.75, 3.05) is 0 Å². The predicted molar refractivity (Wildman–Crippen MR) is 145 cm³/mol. The highest BCUT2D eigenvalue weighted by molar-refractivity contribution is 6.47. The molecule has 3 rings (SSSR count). The Balaban J connectivity index is 1.82. The molecule has 3 aromatic rings. The predicted octanol–water partition coefficient (Wildman–Crippen LogP) is 5.61. The van der Waals surface area contributed by atoms with E-state index in [0.717, 1.165) is 33.7 Å². The van der Waals surface area contributed by atoms with Crippen LogP contribution in [0.3, 0.4) is 0 Å². The first-order valence-electron chi connectivity index (χ1n) is 12.2. The zero-order chi connectivity index (χ0) is 26.2. The molecule has 1 aromatic carbocycles. The molecule has 6 heteroatoms. The van der Waals surface area contributed by atoms with E-state index in [1.54, 1.807) is 21.3 Å². The van der Waals surface area contributed by atoms with Gasteiger partial charge in [-0.05, 0) is 45.9 Å². The first kappa shape index (κ1) is 27.0. The summed E-state index contributed by atoms with van der Waals surface area (Å²) < 4.78 is 5.85. The van der Waals surface area contributed by atoms with Gasteiger partial charge in [0, 0.05) is 28.2 Å². The van der Waals surface area contributed by atoms with Crippen molar-refractivity contribution < 1.29 is 9.76 Å². The second-order valence-corrected chi connectivity index (χ2v) is 12.3. The van der Waals surface area contributed by atoms with Crippen molar-refractivity contribution in [3.63, 3.8) is 0 Å². The van der Waals surface area contributed by atoms with E-state index in [1.807, 2.05) is 56.4 Å². The van der Waals surface area contributed by atoms with Crippen LogP contribution in [0.25, 0.3) is 22.6 Å². The summed E-state index contributed by atoms with van der Waals surface area (Å²) in [6.07, 6.45) is 1.85. The highest BCUT2D eigenvalue weighted by atomic mass is 16.5. The van der Waals surface area contributed by atoms with E-state index in [-0.39, 0.29) is 10.8 Å². The molecule has 0 aliphatic carbocycles. The van der Waals surface area contributed by atoms with E-state index in [2.05, 4.69) is 47.6 Å². The average Bonchev–Trinajstić information content (AvgIpc) is 2.76. The minimum atomic E-state index is -0.959. The maximum Gasteiger partial charge on any atom is 0.330 e. The summed E-state index contributed by atoms with van der Waals surface area (Å²) in [7, 11) is 1.69. The average molecular weight is 472 g/mol. The van der Waals surface area contributed by atoms with Gasteiger partial charge in [0.15, 0.2) is 5.82 Å². The van der Waals surface area contributed by atoms with Gasteiger partial charge in [0.25, 0.3) is 0 Å². The van der Waals surface area contributed by atoms with Gasteiger partial charge in [-0.15, -0.1) is 0 Å². The fourth-order valence-corrected chi connectivity index (χ4v) is 3.13. The molecule has 0 atom stereocenters. The first-order chi connectivity index (χ1) is 16.0. The molecule has 35 heavy (non-hydrogen) atoms. The van der Waals surface area contributed by atoms with Crippen molar-refractivity contribution in [1.82, 2.24) is 15.0 Å². The molecule has 185 valence electrons. The summed E-state index contributed by atoms with van der Waals surface area (Å²) in [6.45, 7) is 20.3. The van der Waals surface area contributed by atoms with E-state index in [4.69, 9.17) is 19.6 Å². The number of hydrogen-bond donors (Lipinski definition) is 1. The molecular weight excluding hydrogens is 433 g/mol. The number of pyridine rings is 1. The summed E-state index contributed by atoms with van der Waals surface area (Å²) in [5, 5.41) is 10.3. The van der Waals surface area contributed by atoms with Crippen molar-refractivity contribution in [1.29, 1.82) is 0 Å². The third kappa shape index (κ3) is 6.56. The molecule has 0 saturated carbocycles. The van der Waals surface area contributed by atoms with Crippen molar-refractivity contribution in [3.05, 3.63) is 60.0 Å². The van der Waals surface area contributed by atoms with Crippen LogP contribution in [-0.4, -0.2) is 38.7 Å². The van der Waals surface area contributed by atoms with Crippen molar-refractivity contribution >= 4 is 12.9 Å². The Morgan fingerprint density at radius 1 is 0.714 bits per heavy atom. The Hall–Kier alpha value is -2.57. The Bertz CT molecular complexity index is 1120. The molecule has 0 saturated heterocycles. The molecule has 2 heterocycles. The summed E-state index contributed by atoms with van der Waals surface area (Å²) in [5.41, 5.74) is 3.95. The fourth-order valence-electron chi connectivity index (χ4n) is 3.13. The molecule has 0 spiro atoms. The van der Waals surface area contributed by atoms with Crippen LogP contribution < -0.4 is 5.46 Å². The molecule has 0 aliphatic heterocycles. The maximum atomic E-state index is 10.3. The Morgan fingerprint density at radius 2 is 1.23 bits per heavy atom. The molecule has 0 bridgehead atoms. The SMILES string of the molecule is CC(C)(C)c1cc(C(C)(C)C)nc(-c2ccc(-c3ccc([B]OC(C)(C)C(C)(C)O)cc3)nc2)n1. The monoisotopic (exact) mass is 472 g/mol. The van der Waals surface area contributed by atoms with Crippen LogP contribution in [0.1, 0.15) is 80.6 Å². The highest BCUT2D eigenvalue weighted by Gasteiger charge is 2.35. The van der Waals surface area contributed by atoms with E-state index in [9.17, 15) is 5.11 Å². The standard InChI is InChI=1S/C29H39BN3O2/c1-26(2,3)23-17-24(27(4,5)6)33-25(32-23)20-13-16-22(31-18-20)19-11-14-21(15-12-19)30-35-29(9,10)28(7,8)34/h11-18,34H,1-10H3. The van der Waals surface area contributed by atoms with Crippen LogP contribution in [0.15, 0.2) is 48.7 Å². The van der Waals surface area contributed by atoms with Crippen LogP contribution in [0, 0.1) is 0 Å². The van der Waals surface area contributed by atoms with Gasteiger partial charge in [-0.3, -0.25) is 4.98 Å². The molecule has 5 nitrogen and oxygen atoms in total. The number of hydrogen-bond acceptors (Lipinski definition) is 5. The van der Waals surface area contributed by atoms with E-state index >= 15 is 0 Å². The normalized spacial score (nSPS) is 13.1. The minimum Gasteiger partial charge on any atom is -0.427 e. The largest absolute Gasteiger partial charge is 0.427 e. The summed E-state index contributed by atoms with van der Waals surface area (Å²) in [6, 6.07) is 14.2. The van der Waals surface area contributed by atoms with Gasteiger partial charge in [0.05, 0.1) is 28.3 Å². The Kier molecular flexibility index (Phi) is 7.32. The molecule has 0 amide bonds. The lowest BCUT2D eigenvalue weighted by Crippen LogP contribution is -2.49. The fraction of sp³-hybridized carbons (Fsp3) is 0.483. The number of rotatable bonds is 6. The molecule has 0 fully saturated rings. The molecule has 0 unspecified atom stereocenters. The molecule has 2 aromatic heterocycles. The second kappa shape index (κ2) is 9.48. The van der Waals surface area contributed by atoms with Gasteiger partial charge >= 0.3 is 7.48 Å². The van der Waals surface area contributed by atoms with E-state index in [1.165, 1.54) is 0 Å². The molecule has 0 aliphatic rings. The highest BCUT2D eigenvalue weighted by Crippen LogP contribution is 2.29. The number of benzene rings is 1. The van der Waals surface area contributed by atoms with Crippen LogP contribution >= 0.6 is 0 Å². The van der Waals surface area contributed by atoms with Gasteiger partial charge in [0.2, 0.25) is 0 Å². The zero-order valence-electron chi connectivity index (χ0n) is 22.9. The van der Waals surface area contributed by atoms with Crippen molar-refractivity contribution in [3.8, 4) is 22.6 Å². The number of aromatic nitrogens is 3. The lowest BCUT2D eigenvalue weighted by atomic mass is 9.82. The zero-order valence-corrected chi connectivity index (χ0v) is 22.9. The van der Waals surface area contributed by atoms with Crippen LogP contribution in [0.5, 0.6) is 0 Å². The minimum absolute atomic E-state index is 0.0737. The van der Waals surface area contributed by atoms with E-state index in [0.29, 0.717) is 5.82 Å². The van der Waals surface area contributed by atoms with Crippen LogP contribution in [-0.2, 0) is 15.5 Å². The smallest absolute Gasteiger partial charge is 0.330 e. The summed E-state index contributed by atoms with van der Waals surface area (Å²) in [5.74, 6) is 0.706. The molecule has 1 radical (unpaired) electrons. The quantitative estimate of drug-likeness (QED) is 0.473. The third-order valence-corrected chi connectivity index (χ3v) is 6.45.